The summed E-state index contributed by atoms with van der Waals surface area (Å²) in [6.45, 7) is 3.77. The summed E-state index contributed by atoms with van der Waals surface area (Å²) >= 11 is 0. The number of esters is 1. The number of para-hydroxylation sites is 1. The van der Waals surface area contributed by atoms with Gasteiger partial charge in [-0.1, -0.05) is 18.2 Å². The van der Waals surface area contributed by atoms with Gasteiger partial charge >= 0.3 is 5.97 Å². The smallest absolute Gasteiger partial charge is 0.327 e. The van der Waals surface area contributed by atoms with E-state index in [2.05, 4.69) is 10.1 Å². The lowest BCUT2D eigenvalue weighted by atomic mass is 10.2. The number of anilines is 1. The Morgan fingerprint density at radius 2 is 2.07 bits per heavy atom. The van der Waals surface area contributed by atoms with Crippen LogP contribution in [0.15, 0.2) is 24.3 Å². The molecule has 1 aromatic rings. The van der Waals surface area contributed by atoms with E-state index in [1.54, 1.807) is 6.92 Å². The molecule has 0 saturated heterocycles. The third-order valence-electron chi connectivity index (χ3n) is 2.07. The Labute approximate surface area is 84.1 Å². The SMILES string of the molecule is COC(=O)[C@H](C)Nc1ccccc1C. The number of carbonyl (C=O) groups excluding carboxylic acids is 1. The van der Waals surface area contributed by atoms with Crippen LogP contribution in [0.3, 0.4) is 0 Å². The molecule has 1 aromatic carbocycles. The molecule has 0 aromatic heterocycles. The lowest BCUT2D eigenvalue weighted by molar-refractivity contribution is -0.141. The first-order valence-corrected chi connectivity index (χ1v) is 4.55. The van der Waals surface area contributed by atoms with Crippen LogP contribution < -0.4 is 5.32 Å². The molecule has 0 amide bonds. The standard InChI is InChI=1S/C11H15NO2/c1-8-6-4-5-7-10(8)12-9(2)11(13)14-3/h4-7,9,12H,1-3H3/t9-/m0/s1. The molecule has 0 aliphatic heterocycles. The Hall–Kier alpha value is -1.51. The van der Waals surface area contributed by atoms with Gasteiger partial charge in [0, 0.05) is 5.69 Å². The monoisotopic (exact) mass is 193 g/mol. The largest absolute Gasteiger partial charge is 0.467 e. The highest BCUT2D eigenvalue weighted by Gasteiger charge is 2.12. The maximum Gasteiger partial charge on any atom is 0.327 e. The van der Waals surface area contributed by atoms with Crippen LogP contribution in [-0.4, -0.2) is 19.1 Å². The summed E-state index contributed by atoms with van der Waals surface area (Å²) < 4.78 is 4.62. The van der Waals surface area contributed by atoms with Gasteiger partial charge in [0.15, 0.2) is 0 Å². The highest BCUT2D eigenvalue weighted by molar-refractivity contribution is 5.79. The second-order valence-electron chi connectivity index (χ2n) is 3.20. The van der Waals surface area contributed by atoms with Crippen LogP contribution in [0.5, 0.6) is 0 Å². The van der Waals surface area contributed by atoms with E-state index in [-0.39, 0.29) is 12.0 Å². The van der Waals surface area contributed by atoms with E-state index in [1.807, 2.05) is 31.2 Å². The van der Waals surface area contributed by atoms with Gasteiger partial charge < -0.3 is 10.1 Å². The minimum atomic E-state index is -0.318. The van der Waals surface area contributed by atoms with E-state index < -0.39 is 0 Å². The van der Waals surface area contributed by atoms with Gasteiger partial charge in [0.05, 0.1) is 7.11 Å². The summed E-state index contributed by atoms with van der Waals surface area (Å²) in [6.07, 6.45) is 0. The van der Waals surface area contributed by atoms with E-state index in [4.69, 9.17) is 0 Å². The predicted octanol–water partition coefficient (Wildman–Crippen LogP) is 1.97. The van der Waals surface area contributed by atoms with Gasteiger partial charge in [-0.15, -0.1) is 0 Å². The molecule has 76 valence electrons. The summed E-state index contributed by atoms with van der Waals surface area (Å²) in [5.41, 5.74) is 2.08. The molecule has 0 saturated carbocycles. The third kappa shape index (κ3) is 2.49. The molecule has 3 heteroatoms. The zero-order valence-corrected chi connectivity index (χ0v) is 8.70. The quantitative estimate of drug-likeness (QED) is 0.746. The highest BCUT2D eigenvalue weighted by Crippen LogP contribution is 2.14. The van der Waals surface area contributed by atoms with Crippen molar-refractivity contribution >= 4 is 11.7 Å². The van der Waals surface area contributed by atoms with E-state index in [1.165, 1.54) is 7.11 Å². The zero-order chi connectivity index (χ0) is 10.6. The van der Waals surface area contributed by atoms with Crippen LogP contribution in [-0.2, 0) is 9.53 Å². The van der Waals surface area contributed by atoms with Crippen LogP contribution in [0, 0.1) is 6.92 Å². The lowest BCUT2D eigenvalue weighted by Gasteiger charge is -2.14. The minimum Gasteiger partial charge on any atom is -0.467 e. The van der Waals surface area contributed by atoms with Gasteiger partial charge in [-0.2, -0.15) is 0 Å². The van der Waals surface area contributed by atoms with Crippen molar-refractivity contribution in [3.63, 3.8) is 0 Å². The molecule has 0 heterocycles. The lowest BCUT2D eigenvalue weighted by Crippen LogP contribution is -2.27. The van der Waals surface area contributed by atoms with Gasteiger partial charge in [0.25, 0.3) is 0 Å². The topological polar surface area (TPSA) is 38.3 Å². The number of carbonyl (C=O) groups is 1. The first-order chi connectivity index (χ1) is 6.65. The number of nitrogens with one attached hydrogen (secondary N) is 1. The van der Waals surface area contributed by atoms with Gasteiger partial charge in [-0.25, -0.2) is 4.79 Å². The average molecular weight is 193 g/mol. The van der Waals surface area contributed by atoms with Crippen molar-refractivity contribution in [1.29, 1.82) is 0 Å². The summed E-state index contributed by atoms with van der Waals surface area (Å²) in [6, 6.07) is 7.50. The van der Waals surface area contributed by atoms with Crippen molar-refractivity contribution in [3.8, 4) is 0 Å². The third-order valence-corrected chi connectivity index (χ3v) is 2.07. The fraction of sp³-hybridized carbons (Fsp3) is 0.364. The number of benzene rings is 1. The molecule has 0 spiro atoms. The summed E-state index contributed by atoms with van der Waals surface area (Å²) in [5, 5.41) is 3.09. The number of hydrogen-bond donors (Lipinski definition) is 1. The summed E-state index contributed by atoms with van der Waals surface area (Å²) in [5.74, 6) is -0.256. The van der Waals surface area contributed by atoms with Crippen LogP contribution >= 0.6 is 0 Å². The van der Waals surface area contributed by atoms with E-state index in [9.17, 15) is 4.79 Å². The number of ether oxygens (including phenoxy) is 1. The van der Waals surface area contributed by atoms with Crippen molar-refractivity contribution in [2.24, 2.45) is 0 Å². The Bertz CT molecular complexity index is 323. The Kier molecular flexibility index (Phi) is 3.51. The summed E-state index contributed by atoms with van der Waals surface area (Å²) in [4.78, 5) is 11.1. The van der Waals surface area contributed by atoms with Crippen molar-refractivity contribution in [2.75, 3.05) is 12.4 Å². The number of hydrogen-bond acceptors (Lipinski definition) is 3. The first kappa shape index (κ1) is 10.6. The van der Waals surface area contributed by atoms with E-state index in [0.29, 0.717) is 0 Å². The van der Waals surface area contributed by atoms with Crippen molar-refractivity contribution < 1.29 is 9.53 Å². The number of aryl methyl sites for hydroxylation is 1. The highest BCUT2D eigenvalue weighted by atomic mass is 16.5. The average Bonchev–Trinajstić information content (AvgIpc) is 2.20. The molecule has 0 aliphatic carbocycles. The van der Waals surface area contributed by atoms with Gasteiger partial charge in [0.1, 0.15) is 6.04 Å². The number of rotatable bonds is 3. The molecule has 0 fully saturated rings. The fourth-order valence-electron chi connectivity index (χ4n) is 1.20. The molecule has 0 radical (unpaired) electrons. The number of methoxy groups -OCH3 is 1. The molecule has 1 atom stereocenters. The van der Waals surface area contributed by atoms with Gasteiger partial charge in [-0.05, 0) is 25.5 Å². The molecule has 0 aliphatic rings. The summed E-state index contributed by atoms with van der Waals surface area (Å²) in [7, 11) is 1.39. The molecule has 1 N–H and O–H groups in total. The maximum absolute atomic E-state index is 11.1. The second kappa shape index (κ2) is 4.65. The normalized spacial score (nSPS) is 11.9. The molecule has 14 heavy (non-hydrogen) atoms. The molecule has 1 rings (SSSR count). The first-order valence-electron chi connectivity index (χ1n) is 4.55. The Morgan fingerprint density at radius 3 is 2.64 bits per heavy atom. The van der Waals surface area contributed by atoms with E-state index in [0.717, 1.165) is 11.3 Å². The molecule has 3 nitrogen and oxygen atoms in total. The van der Waals surface area contributed by atoms with Crippen molar-refractivity contribution in [3.05, 3.63) is 29.8 Å². The van der Waals surface area contributed by atoms with Crippen LogP contribution in [0.25, 0.3) is 0 Å². The molecule has 0 bridgehead atoms. The van der Waals surface area contributed by atoms with Crippen LogP contribution in [0.4, 0.5) is 5.69 Å². The fourth-order valence-corrected chi connectivity index (χ4v) is 1.20. The van der Waals surface area contributed by atoms with Crippen molar-refractivity contribution in [2.45, 2.75) is 19.9 Å². The van der Waals surface area contributed by atoms with Gasteiger partial charge in [0.2, 0.25) is 0 Å². The van der Waals surface area contributed by atoms with Gasteiger partial charge in [-0.3, -0.25) is 0 Å². The molecular weight excluding hydrogens is 178 g/mol. The molecular formula is C11H15NO2. The maximum atomic E-state index is 11.1. The van der Waals surface area contributed by atoms with Crippen LogP contribution in [0.2, 0.25) is 0 Å². The Balaban J connectivity index is 2.69. The van der Waals surface area contributed by atoms with Crippen LogP contribution in [0.1, 0.15) is 12.5 Å². The van der Waals surface area contributed by atoms with E-state index >= 15 is 0 Å². The predicted molar refractivity (Wildman–Crippen MR) is 56.3 cm³/mol. The minimum absolute atomic E-state index is 0.256. The zero-order valence-electron chi connectivity index (χ0n) is 8.70. The Morgan fingerprint density at radius 1 is 1.43 bits per heavy atom. The molecule has 0 unspecified atom stereocenters. The second-order valence-corrected chi connectivity index (χ2v) is 3.20. The van der Waals surface area contributed by atoms with Crippen molar-refractivity contribution in [1.82, 2.24) is 0 Å².